The molecule has 0 amide bonds. The maximum Gasteiger partial charge on any atom is 0.389 e. The lowest BCUT2D eigenvalue weighted by Gasteiger charge is -2.10. The first-order valence-corrected chi connectivity index (χ1v) is 7.53. The molecule has 0 aliphatic rings. The van der Waals surface area contributed by atoms with Gasteiger partial charge in [0.2, 0.25) is 10.0 Å². The standard InChI is InChI=1S/C12H17F3N2O2S/c1-9-8-10(16)4-5-11(9)20(18,19)17-7-3-2-6-12(13,14)15/h4-5,8,17H,2-3,6-7,16H2,1H3. The summed E-state index contributed by atoms with van der Waals surface area (Å²) in [6.45, 7) is 1.58. The number of benzene rings is 1. The summed E-state index contributed by atoms with van der Waals surface area (Å²) in [5.74, 6) is 0. The fraction of sp³-hybridized carbons (Fsp3) is 0.500. The van der Waals surface area contributed by atoms with E-state index in [9.17, 15) is 21.6 Å². The van der Waals surface area contributed by atoms with Crippen molar-refractivity contribution in [1.29, 1.82) is 0 Å². The first kappa shape index (κ1) is 16.8. The van der Waals surface area contributed by atoms with Crippen molar-refractivity contribution in [1.82, 2.24) is 4.72 Å². The van der Waals surface area contributed by atoms with E-state index in [4.69, 9.17) is 5.73 Å². The van der Waals surface area contributed by atoms with Gasteiger partial charge in [-0.05, 0) is 43.5 Å². The molecule has 0 saturated heterocycles. The second-order valence-electron chi connectivity index (χ2n) is 4.49. The molecule has 8 heteroatoms. The average molecular weight is 310 g/mol. The van der Waals surface area contributed by atoms with Gasteiger partial charge in [-0.15, -0.1) is 0 Å². The molecular formula is C12H17F3N2O2S. The number of hydrogen-bond acceptors (Lipinski definition) is 3. The van der Waals surface area contributed by atoms with Crippen LogP contribution in [0.3, 0.4) is 0 Å². The van der Waals surface area contributed by atoms with Gasteiger partial charge in [0.25, 0.3) is 0 Å². The molecule has 1 aromatic rings. The molecule has 0 heterocycles. The van der Waals surface area contributed by atoms with Crippen molar-refractivity contribution >= 4 is 15.7 Å². The molecule has 1 rings (SSSR count). The summed E-state index contributed by atoms with van der Waals surface area (Å²) < 4.78 is 62.0. The minimum absolute atomic E-state index is 0.0256. The van der Waals surface area contributed by atoms with Gasteiger partial charge in [-0.1, -0.05) is 0 Å². The van der Waals surface area contributed by atoms with E-state index in [1.807, 2.05) is 0 Å². The second-order valence-corrected chi connectivity index (χ2v) is 6.23. The summed E-state index contributed by atoms with van der Waals surface area (Å²) in [5, 5.41) is 0. The number of anilines is 1. The summed E-state index contributed by atoms with van der Waals surface area (Å²) >= 11 is 0. The topological polar surface area (TPSA) is 72.2 Å². The molecule has 3 N–H and O–H groups in total. The minimum atomic E-state index is -4.20. The summed E-state index contributed by atoms with van der Waals surface area (Å²) in [6, 6.07) is 4.37. The Morgan fingerprint density at radius 2 is 1.90 bits per heavy atom. The summed E-state index contributed by atoms with van der Waals surface area (Å²) in [6.07, 6.45) is -5.08. The van der Waals surface area contributed by atoms with Gasteiger partial charge in [0.05, 0.1) is 4.90 Å². The molecule has 0 aromatic heterocycles. The van der Waals surface area contributed by atoms with E-state index >= 15 is 0 Å². The van der Waals surface area contributed by atoms with E-state index in [1.54, 1.807) is 6.92 Å². The van der Waals surface area contributed by atoms with Crippen LogP contribution in [0.5, 0.6) is 0 Å². The summed E-state index contributed by atoms with van der Waals surface area (Å²) in [7, 11) is -3.71. The molecule has 4 nitrogen and oxygen atoms in total. The van der Waals surface area contributed by atoms with Crippen molar-refractivity contribution in [3.05, 3.63) is 23.8 Å². The van der Waals surface area contributed by atoms with E-state index in [-0.39, 0.29) is 24.3 Å². The number of alkyl halides is 3. The molecule has 1 aromatic carbocycles. The second kappa shape index (κ2) is 6.45. The monoisotopic (exact) mass is 310 g/mol. The third kappa shape index (κ3) is 5.38. The van der Waals surface area contributed by atoms with Crippen molar-refractivity contribution in [3.63, 3.8) is 0 Å². The van der Waals surface area contributed by atoms with E-state index in [2.05, 4.69) is 4.72 Å². The lowest BCUT2D eigenvalue weighted by Crippen LogP contribution is -2.25. The number of hydrogen-bond donors (Lipinski definition) is 2. The predicted octanol–water partition coefficient (Wildman–Crippen LogP) is 2.59. The Balaban J connectivity index is 2.54. The number of sulfonamides is 1. The van der Waals surface area contributed by atoms with Crippen molar-refractivity contribution in [3.8, 4) is 0 Å². The zero-order chi connectivity index (χ0) is 15.4. The molecule has 0 saturated carbocycles. The van der Waals surface area contributed by atoms with Crippen molar-refractivity contribution in [2.75, 3.05) is 12.3 Å². The molecule has 0 fully saturated rings. The van der Waals surface area contributed by atoms with Gasteiger partial charge in [0, 0.05) is 18.7 Å². The summed E-state index contributed by atoms with van der Waals surface area (Å²) in [5.41, 5.74) is 6.47. The van der Waals surface area contributed by atoms with E-state index in [1.165, 1.54) is 18.2 Å². The molecule has 0 aliphatic carbocycles. The van der Waals surface area contributed by atoms with Crippen LogP contribution in [0.1, 0.15) is 24.8 Å². The minimum Gasteiger partial charge on any atom is -0.399 e. The van der Waals surface area contributed by atoms with Crippen LogP contribution in [-0.2, 0) is 10.0 Å². The van der Waals surface area contributed by atoms with Crippen LogP contribution >= 0.6 is 0 Å². The molecule has 0 atom stereocenters. The normalized spacial score (nSPS) is 12.6. The Morgan fingerprint density at radius 1 is 1.25 bits per heavy atom. The maximum atomic E-state index is 12.0. The van der Waals surface area contributed by atoms with Crippen LogP contribution < -0.4 is 10.5 Å². The molecular weight excluding hydrogens is 293 g/mol. The number of nitrogens with one attached hydrogen (secondary N) is 1. The zero-order valence-corrected chi connectivity index (χ0v) is 11.8. The van der Waals surface area contributed by atoms with Crippen LogP contribution in [0.25, 0.3) is 0 Å². The Hall–Kier alpha value is -1.28. The zero-order valence-electron chi connectivity index (χ0n) is 11.0. The third-order valence-corrected chi connectivity index (χ3v) is 4.29. The van der Waals surface area contributed by atoms with E-state index < -0.39 is 22.6 Å². The number of aryl methyl sites for hydroxylation is 1. The van der Waals surface area contributed by atoms with Crippen molar-refractivity contribution in [2.45, 2.75) is 37.3 Å². The number of halogens is 3. The molecule has 0 bridgehead atoms. The van der Waals surface area contributed by atoms with Gasteiger partial charge >= 0.3 is 6.18 Å². The number of nitrogens with two attached hydrogens (primary N) is 1. The van der Waals surface area contributed by atoms with Crippen LogP contribution in [0.4, 0.5) is 18.9 Å². The van der Waals surface area contributed by atoms with Gasteiger partial charge in [-0.3, -0.25) is 0 Å². The van der Waals surface area contributed by atoms with Gasteiger partial charge in [-0.2, -0.15) is 13.2 Å². The largest absolute Gasteiger partial charge is 0.399 e. The van der Waals surface area contributed by atoms with Crippen LogP contribution in [0.15, 0.2) is 23.1 Å². The predicted molar refractivity (Wildman–Crippen MR) is 70.7 cm³/mol. The highest BCUT2D eigenvalue weighted by Crippen LogP contribution is 2.22. The highest BCUT2D eigenvalue weighted by Gasteiger charge is 2.26. The van der Waals surface area contributed by atoms with Gasteiger partial charge in [0.1, 0.15) is 0 Å². The molecule has 20 heavy (non-hydrogen) atoms. The number of nitrogen functional groups attached to an aromatic ring is 1. The number of unbranched alkanes of at least 4 members (excludes halogenated alkanes) is 1. The smallest absolute Gasteiger partial charge is 0.389 e. The summed E-state index contributed by atoms with van der Waals surface area (Å²) in [4.78, 5) is 0.0857. The fourth-order valence-electron chi connectivity index (χ4n) is 1.71. The van der Waals surface area contributed by atoms with Gasteiger partial charge in [0.15, 0.2) is 0 Å². The quantitative estimate of drug-likeness (QED) is 0.626. The van der Waals surface area contributed by atoms with Crippen LogP contribution in [-0.4, -0.2) is 21.1 Å². The maximum absolute atomic E-state index is 12.0. The highest BCUT2D eigenvalue weighted by molar-refractivity contribution is 7.89. The average Bonchev–Trinajstić information content (AvgIpc) is 2.26. The fourth-order valence-corrected chi connectivity index (χ4v) is 3.01. The third-order valence-electron chi connectivity index (χ3n) is 2.67. The van der Waals surface area contributed by atoms with Gasteiger partial charge < -0.3 is 5.73 Å². The molecule has 0 spiro atoms. The van der Waals surface area contributed by atoms with Gasteiger partial charge in [-0.25, -0.2) is 13.1 Å². The molecule has 0 unspecified atom stereocenters. The van der Waals surface area contributed by atoms with E-state index in [0.717, 1.165) is 0 Å². The van der Waals surface area contributed by atoms with E-state index in [0.29, 0.717) is 11.3 Å². The first-order valence-electron chi connectivity index (χ1n) is 6.04. The Morgan fingerprint density at radius 3 is 2.45 bits per heavy atom. The first-order chi connectivity index (χ1) is 9.12. The van der Waals surface area contributed by atoms with Crippen LogP contribution in [0.2, 0.25) is 0 Å². The lowest BCUT2D eigenvalue weighted by atomic mass is 10.2. The molecule has 0 aliphatic heterocycles. The molecule has 114 valence electrons. The molecule has 0 radical (unpaired) electrons. The number of rotatable bonds is 6. The highest BCUT2D eigenvalue weighted by atomic mass is 32.2. The Bertz CT molecular complexity index is 556. The van der Waals surface area contributed by atoms with Crippen molar-refractivity contribution in [2.24, 2.45) is 0 Å². The van der Waals surface area contributed by atoms with Crippen LogP contribution in [0, 0.1) is 6.92 Å². The Kier molecular flexibility index (Phi) is 5.41. The Labute approximate surface area is 116 Å². The van der Waals surface area contributed by atoms with Crippen molar-refractivity contribution < 1.29 is 21.6 Å². The SMILES string of the molecule is Cc1cc(N)ccc1S(=O)(=O)NCCCCC(F)(F)F. The lowest BCUT2D eigenvalue weighted by molar-refractivity contribution is -0.135.